The largest absolute Gasteiger partial charge is 0.348 e. The number of nitrogens with zero attached hydrogens (tertiary/aromatic N) is 1. The number of benzene rings is 1. The second-order valence-corrected chi connectivity index (χ2v) is 5.19. The third kappa shape index (κ3) is 3.82. The molecule has 3 nitrogen and oxygen atoms in total. The van der Waals surface area contributed by atoms with E-state index in [1.54, 1.807) is 0 Å². The van der Waals surface area contributed by atoms with Crippen LogP contribution in [0.3, 0.4) is 0 Å². The molecule has 0 aliphatic heterocycles. The predicted octanol–water partition coefficient (Wildman–Crippen LogP) is 3.34. The van der Waals surface area contributed by atoms with Crippen LogP contribution in [0.25, 0.3) is 0 Å². The number of hydrogen-bond donors (Lipinski definition) is 1. The number of carbonyl (C=O) groups is 1. The number of amides is 1. The first kappa shape index (κ1) is 13.6. The summed E-state index contributed by atoms with van der Waals surface area (Å²) in [4.78, 5) is 11.7. The van der Waals surface area contributed by atoms with E-state index in [9.17, 15) is 4.79 Å². The first-order chi connectivity index (χ1) is 9.31. The van der Waals surface area contributed by atoms with E-state index in [1.807, 2.05) is 24.3 Å². The molecule has 0 heterocycles. The molecule has 1 aliphatic carbocycles. The summed E-state index contributed by atoms with van der Waals surface area (Å²) in [5.74, 6) is 0.334. The van der Waals surface area contributed by atoms with Crippen LogP contribution in [0.5, 0.6) is 0 Å². The van der Waals surface area contributed by atoms with Gasteiger partial charge < -0.3 is 5.32 Å². The third-order valence-electron chi connectivity index (χ3n) is 3.84. The Balaban J connectivity index is 2.13. The van der Waals surface area contributed by atoms with E-state index < -0.39 is 0 Å². The van der Waals surface area contributed by atoms with Crippen LogP contribution in [0.2, 0.25) is 0 Å². The molecule has 1 fully saturated rings. The molecule has 2 rings (SSSR count). The van der Waals surface area contributed by atoms with Crippen molar-refractivity contribution in [2.75, 3.05) is 0 Å². The quantitative estimate of drug-likeness (QED) is 0.898. The number of nitriles is 1. The Bertz CT molecular complexity index is 444. The minimum Gasteiger partial charge on any atom is -0.348 e. The highest BCUT2D eigenvalue weighted by Gasteiger charge is 2.26. The van der Waals surface area contributed by atoms with Crippen LogP contribution < -0.4 is 5.32 Å². The molecule has 1 atom stereocenters. The Morgan fingerprint density at radius 1 is 1.26 bits per heavy atom. The van der Waals surface area contributed by atoms with Crippen molar-refractivity contribution in [1.29, 1.82) is 5.26 Å². The van der Waals surface area contributed by atoms with Crippen molar-refractivity contribution < 1.29 is 4.79 Å². The van der Waals surface area contributed by atoms with Crippen molar-refractivity contribution in [2.24, 2.45) is 5.92 Å². The fourth-order valence-electron chi connectivity index (χ4n) is 2.90. The van der Waals surface area contributed by atoms with Gasteiger partial charge in [0.15, 0.2) is 0 Å². The van der Waals surface area contributed by atoms with Gasteiger partial charge in [0.25, 0.3) is 0 Å². The average molecular weight is 256 g/mol. The summed E-state index contributed by atoms with van der Waals surface area (Å²) in [7, 11) is 0. The van der Waals surface area contributed by atoms with Crippen molar-refractivity contribution in [1.82, 2.24) is 5.32 Å². The van der Waals surface area contributed by atoms with Crippen molar-refractivity contribution in [3.8, 4) is 6.07 Å². The number of carbonyl (C=O) groups excluding carboxylic acids is 1. The maximum Gasteiger partial charge on any atom is 0.234 e. The highest BCUT2D eigenvalue weighted by Crippen LogP contribution is 2.34. The van der Waals surface area contributed by atoms with Crippen molar-refractivity contribution in [2.45, 2.75) is 44.6 Å². The van der Waals surface area contributed by atoms with E-state index in [0.29, 0.717) is 5.92 Å². The van der Waals surface area contributed by atoms with Gasteiger partial charge in [0, 0.05) is 0 Å². The predicted molar refractivity (Wildman–Crippen MR) is 74.1 cm³/mol. The molecule has 1 saturated carbocycles. The highest BCUT2D eigenvalue weighted by molar-refractivity contribution is 5.78. The molecular weight excluding hydrogens is 236 g/mol. The molecule has 1 N–H and O–H groups in total. The fourth-order valence-corrected chi connectivity index (χ4v) is 2.90. The Morgan fingerprint density at radius 2 is 1.95 bits per heavy atom. The number of rotatable bonds is 4. The minimum absolute atomic E-state index is 0.0577. The summed E-state index contributed by atoms with van der Waals surface area (Å²) < 4.78 is 0. The fraction of sp³-hybridized carbons (Fsp3) is 0.500. The maximum absolute atomic E-state index is 11.7. The molecule has 1 aromatic carbocycles. The van der Waals surface area contributed by atoms with E-state index >= 15 is 0 Å². The van der Waals surface area contributed by atoms with E-state index in [0.717, 1.165) is 18.4 Å². The molecule has 100 valence electrons. The second-order valence-electron chi connectivity index (χ2n) is 5.19. The van der Waals surface area contributed by atoms with E-state index in [1.165, 1.54) is 19.3 Å². The summed E-state index contributed by atoms with van der Waals surface area (Å²) in [5, 5.41) is 11.7. The van der Waals surface area contributed by atoms with Gasteiger partial charge in [-0.15, -0.1) is 0 Å². The van der Waals surface area contributed by atoms with Crippen LogP contribution in [0.4, 0.5) is 0 Å². The lowest BCUT2D eigenvalue weighted by Gasteiger charge is -2.31. The van der Waals surface area contributed by atoms with Crippen molar-refractivity contribution in [3.63, 3.8) is 0 Å². The van der Waals surface area contributed by atoms with E-state index in [-0.39, 0.29) is 18.4 Å². The van der Waals surface area contributed by atoms with Gasteiger partial charge in [-0.1, -0.05) is 49.6 Å². The molecule has 0 bridgehead atoms. The number of nitrogens with one attached hydrogen (secondary N) is 1. The minimum atomic E-state index is -0.165. The molecule has 0 saturated heterocycles. The molecule has 0 spiro atoms. The monoisotopic (exact) mass is 256 g/mol. The van der Waals surface area contributed by atoms with E-state index in [4.69, 9.17) is 5.26 Å². The Labute approximate surface area is 114 Å². The summed E-state index contributed by atoms with van der Waals surface area (Å²) in [5.41, 5.74) is 1.15. The normalized spacial score (nSPS) is 17.4. The molecule has 1 aromatic rings. The van der Waals surface area contributed by atoms with Gasteiger partial charge in [0.2, 0.25) is 5.91 Å². The lowest BCUT2D eigenvalue weighted by Crippen LogP contribution is -2.34. The molecule has 0 aromatic heterocycles. The average Bonchev–Trinajstić information content (AvgIpc) is 2.47. The molecule has 0 unspecified atom stereocenters. The van der Waals surface area contributed by atoms with Crippen LogP contribution in [-0.2, 0) is 4.79 Å². The molecule has 1 amide bonds. The van der Waals surface area contributed by atoms with Gasteiger partial charge >= 0.3 is 0 Å². The Hall–Kier alpha value is -1.82. The lowest BCUT2D eigenvalue weighted by molar-refractivity contribution is -0.121. The van der Waals surface area contributed by atoms with Crippen LogP contribution in [0.15, 0.2) is 30.3 Å². The van der Waals surface area contributed by atoms with Crippen LogP contribution in [-0.4, -0.2) is 5.91 Å². The SMILES string of the molecule is N#CCC(=O)N[C@H](c1ccccc1)C1CCCCC1. The van der Waals surface area contributed by atoms with Gasteiger partial charge in [-0.25, -0.2) is 0 Å². The van der Waals surface area contributed by atoms with E-state index in [2.05, 4.69) is 17.4 Å². The molecular formula is C16H20N2O. The second kappa shape index (κ2) is 6.94. The lowest BCUT2D eigenvalue weighted by atomic mass is 9.81. The Morgan fingerprint density at radius 3 is 2.58 bits per heavy atom. The summed E-state index contributed by atoms with van der Waals surface area (Å²) in [6.07, 6.45) is 6.03. The molecule has 1 aliphatic rings. The Kier molecular flexibility index (Phi) is 4.97. The van der Waals surface area contributed by atoms with Crippen LogP contribution in [0, 0.1) is 17.2 Å². The molecule has 0 radical (unpaired) electrons. The van der Waals surface area contributed by atoms with Gasteiger partial charge in [0.05, 0.1) is 12.1 Å². The third-order valence-corrected chi connectivity index (χ3v) is 3.84. The van der Waals surface area contributed by atoms with Gasteiger partial charge in [-0.05, 0) is 24.3 Å². The van der Waals surface area contributed by atoms with Crippen LogP contribution in [0.1, 0.15) is 50.1 Å². The summed E-state index contributed by atoms with van der Waals surface area (Å²) in [6.45, 7) is 0. The van der Waals surface area contributed by atoms with Crippen molar-refractivity contribution in [3.05, 3.63) is 35.9 Å². The van der Waals surface area contributed by atoms with Crippen LogP contribution >= 0.6 is 0 Å². The maximum atomic E-state index is 11.7. The number of hydrogen-bond acceptors (Lipinski definition) is 2. The van der Waals surface area contributed by atoms with Crippen molar-refractivity contribution >= 4 is 5.91 Å². The topological polar surface area (TPSA) is 52.9 Å². The highest BCUT2D eigenvalue weighted by atomic mass is 16.1. The summed E-state index contributed by atoms with van der Waals surface area (Å²) >= 11 is 0. The zero-order valence-corrected chi connectivity index (χ0v) is 11.1. The molecule has 3 heteroatoms. The van der Waals surface area contributed by atoms with Gasteiger partial charge in [-0.3, -0.25) is 4.79 Å². The van der Waals surface area contributed by atoms with Gasteiger partial charge in [0.1, 0.15) is 6.42 Å². The zero-order chi connectivity index (χ0) is 13.5. The zero-order valence-electron chi connectivity index (χ0n) is 11.1. The standard InChI is InChI=1S/C16H20N2O/c17-12-11-15(19)18-16(13-7-3-1-4-8-13)14-9-5-2-6-10-14/h1,3-4,7-8,14,16H,2,5-6,9-11H2,(H,18,19)/t16-/m1/s1. The smallest absolute Gasteiger partial charge is 0.234 e. The van der Waals surface area contributed by atoms with Gasteiger partial charge in [-0.2, -0.15) is 5.26 Å². The summed E-state index contributed by atoms with van der Waals surface area (Å²) in [6, 6.07) is 12.1. The molecule has 19 heavy (non-hydrogen) atoms. The first-order valence-electron chi connectivity index (χ1n) is 7.02. The first-order valence-corrected chi connectivity index (χ1v) is 7.02.